The van der Waals surface area contributed by atoms with E-state index in [0.29, 0.717) is 30.1 Å². The molecule has 2 rings (SSSR count). The van der Waals surface area contributed by atoms with E-state index in [9.17, 15) is 0 Å². The zero-order valence-corrected chi connectivity index (χ0v) is 13.2. The molecule has 1 N–H and O–H groups in total. The van der Waals surface area contributed by atoms with Crippen molar-refractivity contribution < 1.29 is 4.74 Å². The van der Waals surface area contributed by atoms with E-state index in [4.69, 9.17) is 4.74 Å². The number of piperazine rings is 1. The minimum atomic E-state index is 0.460. The van der Waals surface area contributed by atoms with Crippen molar-refractivity contribution in [2.75, 3.05) is 19.7 Å². The van der Waals surface area contributed by atoms with Crippen LogP contribution >= 0.6 is 0 Å². The minimum absolute atomic E-state index is 0.460. The highest BCUT2D eigenvalue weighted by molar-refractivity contribution is 4.93. The van der Waals surface area contributed by atoms with Crippen molar-refractivity contribution in [1.29, 1.82) is 0 Å². The zero-order chi connectivity index (χ0) is 13.8. The molecule has 0 bridgehead atoms. The van der Waals surface area contributed by atoms with E-state index in [1.54, 1.807) is 0 Å². The van der Waals surface area contributed by atoms with Crippen LogP contribution in [-0.4, -0.2) is 48.8 Å². The molecule has 2 heterocycles. The van der Waals surface area contributed by atoms with Crippen LogP contribution in [0.15, 0.2) is 0 Å². The number of nitrogens with one attached hydrogen (secondary N) is 1. The molecule has 2 fully saturated rings. The summed E-state index contributed by atoms with van der Waals surface area (Å²) in [5, 5.41) is 3.74. The molecule has 112 valence electrons. The van der Waals surface area contributed by atoms with Crippen LogP contribution in [0.5, 0.6) is 0 Å². The first-order valence-electron chi connectivity index (χ1n) is 8.24. The average molecular weight is 268 g/mol. The van der Waals surface area contributed by atoms with Gasteiger partial charge in [-0.2, -0.15) is 0 Å². The van der Waals surface area contributed by atoms with Crippen LogP contribution in [0.2, 0.25) is 0 Å². The molecule has 0 amide bonds. The maximum Gasteiger partial charge on any atom is 0.0728 e. The van der Waals surface area contributed by atoms with Crippen LogP contribution in [0.4, 0.5) is 0 Å². The number of nitrogens with zero attached hydrogens (tertiary/aromatic N) is 1. The molecule has 2 saturated heterocycles. The molecule has 0 saturated carbocycles. The lowest BCUT2D eigenvalue weighted by Gasteiger charge is -2.46. The molecule has 0 aromatic carbocycles. The Morgan fingerprint density at radius 1 is 1.32 bits per heavy atom. The van der Waals surface area contributed by atoms with E-state index in [0.717, 1.165) is 13.2 Å². The lowest BCUT2D eigenvalue weighted by atomic mass is 9.93. The van der Waals surface area contributed by atoms with Crippen LogP contribution < -0.4 is 5.32 Å². The Labute approximate surface area is 119 Å². The van der Waals surface area contributed by atoms with Crippen molar-refractivity contribution in [3.63, 3.8) is 0 Å². The molecule has 3 nitrogen and oxygen atoms in total. The topological polar surface area (TPSA) is 24.5 Å². The second-order valence-corrected chi connectivity index (χ2v) is 6.69. The Morgan fingerprint density at radius 3 is 2.68 bits per heavy atom. The highest BCUT2D eigenvalue weighted by Crippen LogP contribution is 2.26. The normalized spacial score (nSPS) is 34.9. The molecule has 0 spiro atoms. The molecule has 4 atom stereocenters. The van der Waals surface area contributed by atoms with E-state index < -0.39 is 0 Å². The fraction of sp³-hybridized carbons (Fsp3) is 1.00. The van der Waals surface area contributed by atoms with Gasteiger partial charge in [-0.3, -0.25) is 4.90 Å². The number of hydrogen-bond acceptors (Lipinski definition) is 3. The van der Waals surface area contributed by atoms with E-state index in [1.165, 1.54) is 32.2 Å². The average Bonchev–Trinajstić information content (AvgIpc) is 2.91. The molecule has 2 aliphatic rings. The molecule has 0 aromatic rings. The van der Waals surface area contributed by atoms with Crippen molar-refractivity contribution in [2.45, 2.75) is 77.6 Å². The highest BCUT2D eigenvalue weighted by atomic mass is 16.5. The van der Waals surface area contributed by atoms with Gasteiger partial charge >= 0.3 is 0 Å². The summed E-state index contributed by atoms with van der Waals surface area (Å²) in [5.74, 6) is 0.707. The summed E-state index contributed by atoms with van der Waals surface area (Å²) in [6, 6.07) is 1.90. The van der Waals surface area contributed by atoms with Crippen molar-refractivity contribution in [1.82, 2.24) is 10.2 Å². The first-order valence-corrected chi connectivity index (χ1v) is 8.24. The number of rotatable bonds is 5. The van der Waals surface area contributed by atoms with E-state index >= 15 is 0 Å². The Hall–Kier alpha value is -0.120. The molecule has 0 aromatic heterocycles. The van der Waals surface area contributed by atoms with Gasteiger partial charge in [0.15, 0.2) is 0 Å². The standard InChI is InChI=1S/C16H32N2O/c1-5-7-14-11-18(15(10-17-14)12(2)3)13(4)16-8-6-9-19-16/h12-17H,5-11H2,1-4H3. The molecule has 3 heteroatoms. The van der Waals surface area contributed by atoms with Gasteiger partial charge in [-0.1, -0.05) is 27.2 Å². The third kappa shape index (κ3) is 3.71. The maximum atomic E-state index is 5.93. The second kappa shape index (κ2) is 7.05. The van der Waals surface area contributed by atoms with Gasteiger partial charge in [0.05, 0.1) is 6.10 Å². The third-order valence-electron chi connectivity index (χ3n) is 4.91. The van der Waals surface area contributed by atoms with Gasteiger partial charge in [-0.15, -0.1) is 0 Å². The first kappa shape index (κ1) is 15.3. The first-order chi connectivity index (χ1) is 9.13. The van der Waals surface area contributed by atoms with Gasteiger partial charge in [0, 0.05) is 37.8 Å². The molecular formula is C16H32N2O. The van der Waals surface area contributed by atoms with Gasteiger partial charge in [-0.25, -0.2) is 0 Å². The summed E-state index contributed by atoms with van der Waals surface area (Å²) in [7, 11) is 0. The fourth-order valence-corrected chi connectivity index (χ4v) is 3.68. The predicted molar refractivity (Wildman–Crippen MR) is 80.5 cm³/mol. The molecule has 4 unspecified atom stereocenters. The Balaban J connectivity index is 2.01. The monoisotopic (exact) mass is 268 g/mol. The summed E-state index contributed by atoms with van der Waals surface area (Å²) in [5.41, 5.74) is 0. The lowest BCUT2D eigenvalue weighted by Crippen LogP contribution is -2.62. The fourth-order valence-electron chi connectivity index (χ4n) is 3.68. The summed E-state index contributed by atoms with van der Waals surface area (Å²) in [6.45, 7) is 12.6. The largest absolute Gasteiger partial charge is 0.377 e. The van der Waals surface area contributed by atoms with E-state index in [1.807, 2.05) is 0 Å². The van der Waals surface area contributed by atoms with Crippen molar-refractivity contribution >= 4 is 0 Å². The Kier molecular flexibility index (Phi) is 5.67. The van der Waals surface area contributed by atoms with Crippen LogP contribution in [0.1, 0.15) is 53.4 Å². The van der Waals surface area contributed by atoms with Crippen LogP contribution in [0, 0.1) is 5.92 Å². The molecule has 0 radical (unpaired) electrons. The van der Waals surface area contributed by atoms with Crippen LogP contribution in [0.25, 0.3) is 0 Å². The molecule has 0 aliphatic carbocycles. The summed E-state index contributed by atoms with van der Waals surface area (Å²) in [4.78, 5) is 2.73. The third-order valence-corrected chi connectivity index (χ3v) is 4.91. The van der Waals surface area contributed by atoms with E-state index in [2.05, 4.69) is 37.9 Å². The second-order valence-electron chi connectivity index (χ2n) is 6.69. The SMILES string of the molecule is CCCC1CN(C(C)C2CCCO2)C(C(C)C)CN1. The zero-order valence-electron chi connectivity index (χ0n) is 13.2. The summed E-state index contributed by atoms with van der Waals surface area (Å²) in [6.07, 6.45) is 5.51. The summed E-state index contributed by atoms with van der Waals surface area (Å²) < 4.78 is 5.93. The quantitative estimate of drug-likeness (QED) is 0.829. The number of ether oxygens (including phenoxy) is 1. The number of hydrogen-bond donors (Lipinski definition) is 1. The highest BCUT2D eigenvalue weighted by Gasteiger charge is 2.36. The Bertz CT molecular complexity index is 263. The Morgan fingerprint density at radius 2 is 2.11 bits per heavy atom. The van der Waals surface area contributed by atoms with Gasteiger partial charge in [0.25, 0.3) is 0 Å². The van der Waals surface area contributed by atoms with Gasteiger partial charge in [-0.05, 0) is 32.1 Å². The van der Waals surface area contributed by atoms with Gasteiger partial charge < -0.3 is 10.1 Å². The minimum Gasteiger partial charge on any atom is -0.377 e. The smallest absolute Gasteiger partial charge is 0.0728 e. The molecule has 19 heavy (non-hydrogen) atoms. The van der Waals surface area contributed by atoms with Crippen molar-refractivity contribution in [2.24, 2.45) is 5.92 Å². The van der Waals surface area contributed by atoms with Crippen LogP contribution in [-0.2, 0) is 4.74 Å². The maximum absolute atomic E-state index is 5.93. The molecule has 2 aliphatic heterocycles. The lowest BCUT2D eigenvalue weighted by molar-refractivity contribution is -0.0162. The molecular weight excluding hydrogens is 236 g/mol. The van der Waals surface area contributed by atoms with Gasteiger partial charge in [0.2, 0.25) is 0 Å². The van der Waals surface area contributed by atoms with Crippen molar-refractivity contribution in [3.05, 3.63) is 0 Å². The predicted octanol–water partition coefficient (Wildman–Crippen LogP) is 2.65. The van der Waals surface area contributed by atoms with Crippen LogP contribution in [0.3, 0.4) is 0 Å². The van der Waals surface area contributed by atoms with Gasteiger partial charge in [0.1, 0.15) is 0 Å². The van der Waals surface area contributed by atoms with Crippen molar-refractivity contribution in [3.8, 4) is 0 Å². The van der Waals surface area contributed by atoms with E-state index in [-0.39, 0.29) is 0 Å². The summed E-state index contributed by atoms with van der Waals surface area (Å²) >= 11 is 0.